The van der Waals surface area contributed by atoms with Crippen molar-refractivity contribution < 1.29 is 13.2 Å². The average molecular weight is 365 g/mol. The van der Waals surface area contributed by atoms with Crippen molar-refractivity contribution in [2.75, 3.05) is 31.1 Å². The van der Waals surface area contributed by atoms with Gasteiger partial charge in [-0.15, -0.1) is 0 Å². The largest absolute Gasteiger partial charge is 0.312 e. The quantitative estimate of drug-likeness (QED) is 0.863. The van der Waals surface area contributed by atoms with Crippen LogP contribution in [-0.2, 0) is 21.2 Å². The summed E-state index contributed by atoms with van der Waals surface area (Å²) in [5.74, 6) is -0.00804. The highest BCUT2D eigenvalue weighted by atomic mass is 32.2. The lowest BCUT2D eigenvalue weighted by Gasteiger charge is -2.31. The highest BCUT2D eigenvalue weighted by Gasteiger charge is 2.27. The molecule has 138 valence electrons. The molecule has 1 aromatic rings. The number of piperidine rings is 1. The molecule has 2 heterocycles. The highest BCUT2D eigenvalue weighted by Crippen LogP contribution is 2.30. The molecule has 3 rings (SSSR count). The Hall–Kier alpha value is -1.44. The molecular weight excluding hydrogens is 338 g/mol. The Morgan fingerprint density at radius 3 is 2.60 bits per heavy atom. The van der Waals surface area contributed by atoms with E-state index in [1.807, 2.05) is 0 Å². The van der Waals surface area contributed by atoms with Crippen LogP contribution in [0.3, 0.4) is 0 Å². The molecule has 0 aliphatic carbocycles. The van der Waals surface area contributed by atoms with Crippen LogP contribution < -0.4 is 9.62 Å². The maximum atomic E-state index is 12.7. The van der Waals surface area contributed by atoms with E-state index in [0.717, 1.165) is 50.1 Å². The van der Waals surface area contributed by atoms with Gasteiger partial charge in [0.25, 0.3) is 0 Å². The second-order valence-corrected chi connectivity index (χ2v) is 8.66. The van der Waals surface area contributed by atoms with Crippen molar-refractivity contribution in [3.8, 4) is 0 Å². The zero-order chi connectivity index (χ0) is 18.0. The summed E-state index contributed by atoms with van der Waals surface area (Å²) in [6, 6.07) is 5.07. The fourth-order valence-electron chi connectivity index (χ4n) is 3.75. The number of fused-ring (bicyclic) bond motifs is 1. The summed E-state index contributed by atoms with van der Waals surface area (Å²) in [7, 11) is -3.52. The van der Waals surface area contributed by atoms with E-state index in [0.29, 0.717) is 17.9 Å². The molecule has 0 unspecified atom stereocenters. The molecule has 0 radical (unpaired) electrons. The van der Waals surface area contributed by atoms with E-state index in [9.17, 15) is 13.2 Å². The van der Waals surface area contributed by atoms with E-state index in [2.05, 4.69) is 16.5 Å². The minimum absolute atomic E-state index is 0.0000729. The Morgan fingerprint density at radius 1 is 1.24 bits per heavy atom. The molecule has 1 N–H and O–H groups in total. The van der Waals surface area contributed by atoms with Crippen molar-refractivity contribution in [1.29, 1.82) is 0 Å². The third-order valence-corrected chi connectivity index (χ3v) is 6.60. The van der Waals surface area contributed by atoms with Crippen LogP contribution >= 0.6 is 0 Å². The van der Waals surface area contributed by atoms with Crippen LogP contribution in [0.15, 0.2) is 23.1 Å². The molecule has 7 heteroatoms. The lowest BCUT2D eigenvalue weighted by molar-refractivity contribution is -0.116. The number of likely N-dealkylation sites (tertiary alicyclic amines) is 1. The first-order valence-corrected chi connectivity index (χ1v) is 10.5. The van der Waals surface area contributed by atoms with E-state index in [4.69, 9.17) is 0 Å². The molecule has 1 saturated heterocycles. The van der Waals surface area contributed by atoms with Crippen LogP contribution in [0.25, 0.3) is 0 Å². The number of amides is 1. The molecular formula is C18H27N3O3S. The third-order valence-electron chi connectivity index (χ3n) is 5.09. The van der Waals surface area contributed by atoms with E-state index >= 15 is 0 Å². The summed E-state index contributed by atoms with van der Waals surface area (Å²) in [4.78, 5) is 16.0. The normalized spacial score (nSPS) is 19.2. The predicted molar refractivity (Wildman–Crippen MR) is 98.2 cm³/mol. The number of carbonyl (C=O) groups is 1. The standard InChI is InChI=1S/C18H27N3O3S/c1-3-9-20-10-7-16(8-11-20)19-25(23,24)17-4-5-18-15(13-17)6-12-21(18)14(2)22/h4-5,13,16,19H,3,6-12H2,1-2H3. The van der Waals surface area contributed by atoms with Crippen molar-refractivity contribution in [3.05, 3.63) is 23.8 Å². The molecule has 0 bridgehead atoms. The highest BCUT2D eigenvalue weighted by molar-refractivity contribution is 7.89. The van der Waals surface area contributed by atoms with Crippen molar-refractivity contribution in [2.45, 2.75) is 50.5 Å². The number of carbonyl (C=O) groups excluding carboxylic acids is 1. The fraction of sp³-hybridized carbons (Fsp3) is 0.611. The third kappa shape index (κ3) is 4.04. The number of nitrogens with one attached hydrogen (secondary N) is 1. The van der Waals surface area contributed by atoms with Crippen molar-refractivity contribution in [2.24, 2.45) is 0 Å². The summed E-state index contributed by atoms with van der Waals surface area (Å²) in [6.07, 6.45) is 3.53. The monoisotopic (exact) mass is 365 g/mol. The van der Waals surface area contributed by atoms with Gasteiger partial charge in [-0.05, 0) is 69.1 Å². The number of sulfonamides is 1. The number of hydrogen-bond donors (Lipinski definition) is 1. The van der Waals surface area contributed by atoms with Crippen LogP contribution in [-0.4, -0.2) is 51.4 Å². The Balaban J connectivity index is 1.68. The number of benzene rings is 1. The molecule has 25 heavy (non-hydrogen) atoms. The number of rotatable bonds is 5. The number of anilines is 1. The van der Waals surface area contributed by atoms with Gasteiger partial charge in [0.15, 0.2) is 0 Å². The first-order valence-electron chi connectivity index (χ1n) is 9.06. The summed E-state index contributed by atoms with van der Waals surface area (Å²) in [6.45, 7) is 7.29. The van der Waals surface area contributed by atoms with Crippen molar-refractivity contribution in [3.63, 3.8) is 0 Å². The first-order chi connectivity index (χ1) is 11.9. The van der Waals surface area contributed by atoms with Crippen LogP contribution in [0.4, 0.5) is 5.69 Å². The van der Waals surface area contributed by atoms with Crippen molar-refractivity contribution >= 4 is 21.6 Å². The van der Waals surface area contributed by atoms with E-state index in [1.165, 1.54) is 6.92 Å². The molecule has 0 atom stereocenters. The van der Waals surface area contributed by atoms with Crippen LogP contribution in [0.2, 0.25) is 0 Å². The van der Waals surface area contributed by atoms with Crippen LogP contribution in [0, 0.1) is 0 Å². The number of hydrogen-bond acceptors (Lipinski definition) is 4. The van der Waals surface area contributed by atoms with Crippen LogP contribution in [0.1, 0.15) is 38.7 Å². The molecule has 1 fully saturated rings. The lowest BCUT2D eigenvalue weighted by atomic mass is 10.1. The van der Waals surface area contributed by atoms with Gasteiger partial charge >= 0.3 is 0 Å². The minimum Gasteiger partial charge on any atom is -0.312 e. The Labute approximate surface area is 150 Å². The van der Waals surface area contributed by atoms with Crippen molar-refractivity contribution in [1.82, 2.24) is 9.62 Å². The van der Waals surface area contributed by atoms with Gasteiger partial charge in [0.1, 0.15) is 0 Å². The Kier molecular flexibility index (Phi) is 5.46. The van der Waals surface area contributed by atoms with E-state index < -0.39 is 10.0 Å². The summed E-state index contributed by atoms with van der Waals surface area (Å²) < 4.78 is 28.3. The molecule has 2 aliphatic heterocycles. The average Bonchev–Trinajstić information content (AvgIpc) is 3.00. The van der Waals surface area contributed by atoms with Gasteiger partial charge in [0.05, 0.1) is 4.90 Å². The topological polar surface area (TPSA) is 69.7 Å². The Morgan fingerprint density at radius 2 is 1.96 bits per heavy atom. The number of nitrogens with zero attached hydrogens (tertiary/aromatic N) is 2. The molecule has 1 aromatic carbocycles. The Bertz CT molecular complexity index is 740. The van der Waals surface area contributed by atoms with Gasteiger partial charge in [-0.1, -0.05) is 6.92 Å². The predicted octanol–water partition coefficient (Wildman–Crippen LogP) is 1.75. The van der Waals surface area contributed by atoms with Gasteiger partial charge in [-0.2, -0.15) is 0 Å². The molecule has 0 spiro atoms. The maximum absolute atomic E-state index is 12.7. The second-order valence-electron chi connectivity index (χ2n) is 6.95. The summed E-state index contributed by atoms with van der Waals surface area (Å²) in [5.41, 5.74) is 1.76. The fourth-order valence-corrected chi connectivity index (χ4v) is 5.11. The lowest BCUT2D eigenvalue weighted by Crippen LogP contribution is -2.44. The molecule has 0 saturated carbocycles. The second kappa shape index (κ2) is 7.43. The summed E-state index contributed by atoms with van der Waals surface area (Å²) in [5, 5.41) is 0. The van der Waals surface area contributed by atoms with Gasteiger partial charge in [-0.25, -0.2) is 13.1 Å². The maximum Gasteiger partial charge on any atom is 0.240 e. The first kappa shape index (κ1) is 18.4. The van der Waals surface area contributed by atoms with Crippen LogP contribution in [0.5, 0.6) is 0 Å². The van der Waals surface area contributed by atoms with E-state index in [1.54, 1.807) is 23.1 Å². The smallest absolute Gasteiger partial charge is 0.240 e. The summed E-state index contributed by atoms with van der Waals surface area (Å²) >= 11 is 0. The minimum atomic E-state index is -3.52. The van der Waals surface area contributed by atoms with Gasteiger partial charge in [0.2, 0.25) is 15.9 Å². The molecule has 1 amide bonds. The van der Waals surface area contributed by atoms with E-state index in [-0.39, 0.29) is 11.9 Å². The zero-order valence-electron chi connectivity index (χ0n) is 15.0. The van der Waals surface area contributed by atoms with Gasteiger partial charge < -0.3 is 9.80 Å². The van der Waals surface area contributed by atoms with Gasteiger partial charge in [-0.3, -0.25) is 4.79 Å². The van der Waals surface area contributed by atoms with Gasteiger partial charge in [0, 0.05) is 25.2 Å². The SMILES string of the molecule is CCCN1CCC(NS(=O)(=O)c2ccc3c(c2)CCN3C(C)=O)CC1. The molecule has 2 aliphatic rings. The molecule has 6 nitrogen and oxygen atoms in total. The zero-order valence-corrected chi connectivity index (χ0v) is 15.8. The molecule has 0 aromatic heterocycles.